The van der Waals surface area contributed by atoms with Gasteiger partial charge >= 0.3 is 0 Å². The molecule has 2 aromatic heterocycles. The molecule has 0 N–H and O–H groups in total. The molecular weight excluding hydrogens is 318 g/mol. The van der Waals surface area contributed by atoms with E-state index in [2.05, 4.69) is 26.9 Å². The third kappa shape index (κ3) is 3.31. The Labute approximate surface area is 146 Å². The SMILES string of the molecule is CCn1c(C)cc(C(=O)Cn2nnc(-c3cccc(OC)c3)n2)c1C. The summed E-state index contributed by atoms with van der Waals surface area (Å²) in [6.07, 6.45) is 0. The first kappa shape index (κ1) is 16.9. The number of nitrogens with zero attached hydrogens (tertiary/aromatic N) is 5. The van der Waals surface area contributed by atoms with Crippen LogP contribution in [-0.2, 0) is 13.1 Å². The molecule has 0 saturated heterocycles. The number of ether oxygens (including phenoxy) is 1. The maximum Gasteiger partial charge on any atom is 0.205 e. The van der Waals surface area contributed by atoms with Crippen LogP contribution in [0.25, 0.3) is 11.4 Å². The first-order valence-corrected chi connectivity index (χ1v) is 8.15. The molecule has 130 valence electrons. The molecule has 3 aromatic rings. The lowest BCUT2D eigenvalue weighted by Gasteiger charge is -2.05. The highest BCUT2D eigenvalue weighted by Crippen LogP contribution is 2.20. The normalized spacial score (nSPS) is 10.9. The summed E-state index contributed by atoms with van der Waals surface area (Å²) in [6.45, 7) is 6.92. The summed E-state index contributed by atoms with van der Waals surface area (Å²) in [7, 11) is 1.61. The maximum atomic E-state index is 12.6. The zero-order chi connectivity index (χ0) is 18.0. The van der Waals surface area contributed by atoms with Gasteiger partial charge in [0.15, 0.2) is 5.78 Å². The Bertz CT molecular complexity index is 910. The fraction of sp³-hybridized carbons (Fsp3) is 0.333. The first-order valence-electron chi connectivity index (χ1n) is 8.15. The molecule has 0 radical (unpaired) electrons. The lowest BCUT2D eigenvalue weighted by atomic mass is 10.1. The van der Waals surface area contributed by atoms with E-state index in [4.69, 9.17) is 4.74 Å². The molecule has 3 rings (SSSR count). The van der Waals surface area contributed by atoms with Crippen LogP contribution in [0, 0.1) is 13.8 Å². The van der Waals surface area contributed by atoms with Gasteiger partial charge in [-0.05, 0) is 44.2 Å². The van der Waals surface area contributed by atoms with E-state index in [1.807, 2.05) is 44.2 Å². The summed E-state index contributed by atoms with van der Waals surface area (Å²) in [5.74, 6) is 1.16. The van der Waals surface area contributed by atoms with Crippen molar-refractivity contribution < 1.29 is 9.53 Å². The second kappa shape index (κ2) is 6.88. The monoisotopic (exact) mass is 339 g/mol. The second-order valence-electron chi connectivity index (χ2n) is 5.83. The third-order valence-electron chi connectivity index (χ3n) is 4.26. The molecule has 0 aliphatic heterocycles. The van der Waals surface area contributed by atoms with E-state index in [0.717, 1.165) is 29.2 Å². The number of hydrogen-bond donors (Lipinski definition) is 0. The number of hydrogen-bond acceptors (Lipinski definition) is 5. The number of rotatable bonds is 6. The van der Waals surface area contributed by atoms with Gasteiger partial charge in [0.25, 0.3) is 0 Å². The third-order valence-corrected chi connectivity index (χ3v) is 4.26. The predicted octanol–water partition coefficient (Wildman–Crippen LogP) is 2.67. The predicted molar refractivity (Wildman–Crippen MR) is 93.7 cm³/mol. The highest BCUT2D eigenvalue weighted by molar-refractivity contribution is 5.97. The highest BCUT2D eigenvalue weighted by atomic mass is 16.5. The number of Topliss-reactive ketones (excluding diaryl/α,β-unsaturated/α-hetero) is 1. The largest absolute Gasteiger partial charge is 0.497 e. The van der Waals surface area contributed by atoms with Crippen molar-refractivity contribution in [2.45, 2.75) is 33.9 Å². The summed E-state index contributed by atoms with van der Waals surface area (Å²) >= 11 is 0. The van der Waals surface area contributed by atoms with Crippen molar-refractivity contribution >= 4 is 5.78 Å². The molecule has 1 aromatic carbocycles. The number of ketones is 1. The van der Waals surface area contributed by atoms with E-state index in [1.165, 1.54) is 4.80 Å². The van der Waals surface area contributed by atoms with Crippen LogP contribution in [0.1, 0.15) is 28.7 Å². The Balaban J connectivity index is 1.80. The van der Waals surface area contributed by atoms with E-state index in [9.17, 15) is 4.79 Å². The van der Waals surface area contributed by atoms with Crippen LogP contribution in [0.15, 0.2) is 30.3 Å². The molecule has 0 amide bonds. The van der Waals surface area contributed by atoms with Crippen LogP contribution in [0.5, 0.6) is 5.75 Å². The standard InChI is InChI=1S/C18H21N5O2/c1-5-22-12(2)9-16(13(22)3)17(24)11-23-20-18(19-21-23)14-7-6-8-15(10-14)25-4/h6-10H,5,11H2,1-4H3. The van der Waals surface area contributed by atoms with Crippen molar-refractivity contribution in [3.63, 3.8) is 0 Å². The number of tetrazole rings is 1. The van der Waals surface area contributed by atoms with Gasteiger partial charge in [0.1, 0.15) is 12.3 Å². The van der Waals surface area contributed by atoms with Crippen LogP contribution in [0.3, 0.4) is 0 Å². The fourth-order valence-electron chi connectivity index (χ4n) is 2.97. The fourth-order valence-corrected chi connectivity index (χ4v) is 2.97. The van der Waals surface area contributed by atoms with Gasteiger partial charge in [-0.2, -0.15) is 4.80 Å². The minimum atomic E-state index is -0.0256. The summed E-state index contributed by atoms with van der Waals surface area (Å²) in [5.41, 5.74) is 3.55. The zero-order valence-electron chi connectivity index (χ0n) is 14.9. The Morgan fingerprint density at radius 2 is 2.04 bits per heavy atom. The van der Waals surface area contributed by atoms with Crippen LogP contribution in [0.4, 0.5) is 0 Å². The Morgan fingerprint density at radius 1 is 1.24 bits per heavy atom. The number of aromatic nitrogens is 5. The summed E-state index contributed by atoms with van der Waals surface area (Å²) in [4.78, 5) is 13.9. The Hall–Kier alpha value is -2.96. The van der Waals surface area contributed by atoms with Crippen molar-refractivity contribution in [1.29, 1.82) is 0 Å². The van der Waals surface area contributed by atoms with Gasteiger partial charge in [-0.1, -0.05) is 12.1 Å². The molecule has 0 spiro atoms. The molecule has 0 aliphatic carbocycles. The van der Waals surface area contributed by atoms with Crippen LogP contribution >= 0.6 is 0 Å². The van der Waals surface area contributed by atoms with E-state index < -0.39 is 0 Å². The van der Waals surface area contributed by atoms with Gasteiger partial charge in [-0.25, -0.2) is 0 Å². The maximum absolute atomic E-state index is 12.6. The zero-order valence-corrected chi connectivity index (χ0v) is 14.9. The van der Waals surface area contributed by atoms with Crippen molar-refractivity contribution in [3.8, 4) is 17.1 Å². The van der Waals surface area contributed by atoms with Crippen LogP contribution in [0.2, 0.25) is 0 Å². The van der Waals surface area contributed by atoms with Gasteiger partial charge in [0.2, 0.25) is 5.82 Å². The summed E-state index contributed by atoms with van der Waals surface area (Å²) in [6, 6.07) is 9.33. The molecule has 7 nitrogen and oxygen atoms in total. The molecule has 0 atom stereocenters. The first-order chi connectivity index (χ1) is 12.0. The van der Waals surface area contributed by atoms with Crippen molar-refractivity contribution in [2.75, 3.05) is 7.11 Å². The molecule has 25 heavy (non-hydrogen) atoms. The minimum Gasteiger partial charge on any atom is -0.497 e. The Kier molecular flexibility index (Phi) is 4.65. The minimum absolute atomic E-state index is 0.0256. The smallest absolute Gasteiger partial charge is 0.205 e. The molecule has 0 fully saturated rings. The van der Waals surface area contributed by atoms with Gasteiger partial charge in [-0.15, -0.1) is 10.2 Å². The molecular formula is C18H21N5O2. The van der Waals surface area contributed by atoms with Crippen LogP contribution < -0.4 is 4.74 Å². The molecule has 0 saturated carbocycles. The highest BCUT2D eigenvalue weighted by Gasteiger charge is 2.17. The van der Waals surface area contributed by atoms with Gasteiger partial charge in [0.05, 0.1) is 7.11 Å². The van der Waals surface area contributed by atoms with E-state index in [1.54, 1.807) is 7.11 Å². The van der Waals surface area contributed by atoms with E-state index in [0.29, 0.717) is 11.4 Å². The van der Waals surface area contributed by atoms with Gasteiger partial charge < -0.3 is 9.30 Å². The molecule has 2 heterocycles. The number of carbonyl (C=O) groups is 1. The van der Waals surface area contributed by atoms with Gasteiger partial charge in [0, 0.05) is 29.1 Å². The van der Waals surface area contributed by atoms with Crippen LogP contribution in [-0.4, -0.2) is 37.7 Å². The summed E-state index contributed by atoms with van der Waals surface area (Å²) in [5, 5.41) is 12.4. The lowest BCUT2D eigenvalue weighted by molar-refractivity contribution is 0.0960. The van der Waals surface area contributed by atoms with E-state index in [-0.39, 0.29) is 12.3 Å². The summed E-state index contributed by atoms with van der Waals surface area (Å²) < 4.78 is 7.32. The number of aryl methyl sites for hydroxylation is 1. The lowest BCUT2D eigenvalue weighted by Crippen LogP contribution is -2.14. The number of methoxy groups -OCH3 is 1. The average molecular weight is 339 g/mol. The van der Waals surface area contributed by atoms with Crippen molar-refractivity contribution in [2.24, 2.45) is 0 Å². The second-order valence-corrected chi connectivity index (χ2v) is 5.83. The Morgan fingerprint density at radius 3 is 2.72 bits per heavy atom. The van der Waals surface area contributed by atoms with E-state index >= 15 is 0 Å². The van der Waals surface area contributed by atoms with Crippen molar-refractivity contribution in [3.05, 3.63) is 47.3 Å². The number of benzene rings is 1. The molecule has 7 heteroatoms. The average Bonchev–Trinajstić information content (AvgIpc) is 3.19. The van der Waals surface area contributed by atoms with Crippen molar-refractivity contribution in [1.82, 2.24) is 24.8 Å². The molecule has 0 bridgehead atoms. The van der Waals surface area contributed by atoms with Gasteiger partial charge in [-0.3, -0.25) is 4.79 Å². The quantitative estimate of drug-likeness (QED) is 0.646. The topological polar surface area (TPSA) is 74.8 Å². The molecule has 0 unspecified atom stereocenters. The molecule has 0 aliphatic rings. The number of carbonyl (C=O) groups excluding carboxylic acids is 1.